The van der Waals surface area contributed by atoms with E-state index in [0.29, 0.717) is 5.88 Å². The van der Waals surface area contributed by atoms with Gasteiger partial charge in [-0.1, -0.05) is 35.8 Å². The summed E-state index contributed by atoms with van der Waals surface area (Å²) in [4.78, 5) is 0. The molecule has 2 N–H and O–H groups in total. The number of benzene rings is 1. The molecule has 2 aromatic rings. The minimum atomic E-state index is 0.359. The Balaban J connectivity index is 1.86. The van der Waals surface area contributed by atoms with Crippen LogP contribution in [0.5, 0.6) is 0 Å². The van der Waals surface area contributed by atoms with Crippen LogP contribution in [-0.4, -0.2) is 5.16 Å². The zero-order chi connectivity index (χ0) is 11.0. The molecule has 1 aliphatic carbocycles. The third-order valence-corrected chi connectivity index (χ3v) is 3.31. The average molecular weight is 214 g/mol. The van der Waals surface area contributed by atoms with E-state index < -0.39 is 0 Å². The van der Waals surface area contributed by atoms with Gasteiger partial charge < -0.3 is 10.3 Å². The first kappa shape index (κ1) is 9.46. The number of hydrogen-bond donors (Lipinski definition) is 1. The molecule has 1 saturated carbocycles. The van der Waals surface area contributed by atoms with Gasteiger partial charge in [0, 0.05) is 11.6 Å². The second kappa shape index (κ2) is 3.67. The SMILES string of the molecule is Nc1cc(-c2ccc(C3CCC3)cc2)no1. The van der Waals surface area contributed by atoms with E-state index >= 15 is 0 Å². The Labute approximate surface area is 94.2 Å². The summed E-state index contributed by atoms with van der Waals surface area (Å²) in [6.45, 7) is 0. The van der Waals surface area contributed by atoms with Gasteiger partial charge in [0.15, 0.2) is 0 Å². The molecule has 0 saturated heterocycles. The van der Waals surface area contributed by atoms with Gasteiger partial charge in [-0.05, 0) is 24.3 Å². The molecule has 1 aromatic carbocycles. The maximum absolute atomic E-state index is 5.50. The summed E-state index contributed by atoms with van der Waals surface area (Å²) >= 11 is 0. The lowest BCUT2D eigenvalue weighted by atomic mass is 9.80. The molecule has 0 radical (unpaired) electrons. The molecule has 82 valence electrons. The van der Waals surface area contributed by atoms with Gasteiger partial charge in [-0.15, -0.1) is 0 Å². The van der Waals surface area contributed by atoms with Gasteiger partial charge in [-0.2, -0.15) is 0 Å². The fraction of sp³-hybridized carbons (Fsp3) is 0.308. The summed E-state index contributed by atoms with van der Waals surface area (Å²) < 4.78 is 4.86. The van der Waals surface area contributed by atoms with Crippen molar-refractivity contribution >= 4 is 5.88 Å². The largest absolute Gasteiger partial charge is 0.368 e. The molecule has 1 fully saturated rings. The number of anilines is 1. The van der Waals surface area contributed by atoms with E-state index in [2.05, 4.69) is 29.4 Å². The summed E-state index contributed by atoms with van der Waals surface area (Å²) in [5.74, 6) is 1.13. The Bertz CT molecular complexity index is 483. The molecule has 3 heteroatoms. The summed E-state index contributed by atoms with van der Waals surface area (Å²) in [7, 11) is 0. The van der Waals surface area contributed by atoms with Gasteiger partial charge in [0.2, 0.25) is 5.88 Å². The highest BCUT2D eigenvalue weighted by Gasteiger charge is 2.19. The molecule has 3 rings (SSSR count). The minimum absolute atomic E-state index is 0.359. The first-order chi connectivity index (χ1) is 7.83. The smallest absolute Gasteiger partial charge is 0.222 e. The van der Waals surface area contributed by atoms with Crippen LogP contribution in [0.25, 0.3) is 11.3 Å². The lowest BCUT2D eigenvalue weighted by molar-refractivity contribution is 0.420. The Morgan fingerprint density at radius 1 is 1.19 bits per heavy atom. The molecule has 3 nitrogen and oxygen atoms in total. The van der Waals surface area contributed by atoms with E-state index in [4.69, 9.17) is 10.3 Å². The van der Waals surface area contributed by atoms with Crippen molar-refractivity contribution < 1.29 is 4.52 Å². The van der Waals surface area contributed by atoms with Gasteiger partial charge in [-0.3, -0.25) is 0 Å². The summed E-state index contributed by atoms with van der Waals surface area (Å²) in [6.07, 6.45) is 4.03. The highest BCUT2D eigenvalue weighted by molar-refractivity contribution is 5.61. The Morgan fingerprint density at radius 3 is 2.44 bits per heavy atom. The van der Waals surface area contributed by atoms with E-state index in [-0.39, 0.29) is 0 Å². The van der Waals surface area contributed by atoms with Crippen molar-refractivity contribution in [3.8, 4) is 11.3 Å². The summed E-state index contributed by atoms with van der Waals surface area (Å²) in [6, 6.07) is 10.3. The average Bonchev–Trinajstić information content (AvgIpc) is 2.63. The lowest BCUT2D eigenvalue weighted by Crippen LogP contribution is -2.08. The fourth-order valence-corrected chi connectivity index (χ4v) is 2.09. The molecule has 1 heterocycles. The van der Waals surface area contributed by atoms with E-state index in [1.165, 1.54) is 24.8 Å². The van der Waals surface area contributed by atoms with Gasteiger partial charge in [0.1, 0.15) is 5.69 Å². The molecule has 0 amide bonds. The first-order valence-electron chi connectivity index (χ1n) is 5.65. The number of nitrogens with zero attached hydrogens (tertiary/aromatic N) is 1. The van der Waals surface area contributed by atoms with Gasteiger partial charge in [0.05, 0.1) is 0 Å². The molecule has 16 heavy (non-hydrogen) atoms. The third-order valence-electron chi connectivity index (χ3n) is 3.31. The quantitative estimate of drug-likeness (QED) is 0.835. The van der Waals surface area contributed by atoms with Crippen molar-refractivity contribution in [1.29, 1.82) is 0 Å². The van der Waals surface area contributed by atoms with Crippen LogP contribution in [0.15, 0.2) is 34.9 Å². The van der Waals surface area contributed by atoms with Crippen LogP contribution in [0.4, 0.5) is 5.88 Å². The fourth-order valence-electron chi connectivity index (χ4n) is 2.09. The number of nitrogen functional groups attached to an aromatic ring is 1. The molecule has 0 unspecified atom stereocenters. The third kappa shape index (κ3) is 1.58. The topological polar surface area (TPSA) is 52.0 Å². The van der Waals surface area contributed by atoms with Crippen LogP contribution in [-0.2, 0) is 0 Å². The molecule has 1 aromatic heterocycles. The summed E-state index contributed by atoms with van der Waals surface area (Å²) in [5, 5.41) is 3.89. The van der Waals surface area contributed by atoms with Crippen molar-refractivity contribution in [1.82, 2.24) is 5.16 Å². The maximum Gasteiger partial charge on any atom is 0.222 e. The van der Waals surface area contributed by atoms with Gasteiger partial charge in [0.25, 0.3) is 0 Å². The predicted molar refractivity (Wildman–Crippen MR) is 62.9 cm³/mol. The number of hydrogen-bond acceptors (Lipinski definition) is 3. The summed E-state index contributed by atoms with van der Waals surface area (Å²) in [5.41, 5.74) is 8.79. The molecular formula is C13H14N2O. The highest BCUT2D eigenvalue weighted by Crippen LogP contribution is 2.36. The maximum atomic E-state index is 5.50. The highest BCUT2D eigenvalue weighted by atomic mass is 16.5. The minimum Gasteiger partial charge on any atom is -0.368 e. The second-order valence-electron chi connectivity index (χ2n) is 4.36. The van der Waals surface area contributed by atoms with Gasteiger partial charge in [-0.25, -0.2) is 0 Å². The van der Waals surface area contributed by atoms with Crippen LogP contribution in [0.1, 0.15) is 30.7 Å². The Kier molecular flexibility index (Phi) is 2.17. The van der Waals surface area contributed by atoms with Crippen molar-refractivity contribution in [2.24, 2.45) is 0 Å². The van der Waals surface area contributed by atoms with Crippen molar-refractivity contribution in [3.05, 3.63) is 35.9 Å². The van der Waals surface area contributed by atoms with E-state index in [1.54, 1.807) is 6.07 Å². The van der Waals surface area contributed by atoms with Crippen molar-refractivity contribution in [3.63, 3.8) is 0 Å². The Hall–Kier alpha value is -1.77. The van der Waals surface area contributed by atoms with E-state index in [9.17, 15) is 0 Å². The lowest BCUT2D eigenvalue weighted by Gasteiger charge is -2.25. The van der Waals surface area contributed by atoms with Gasteiger partial charge >= 0.3 is 0 Å². The van der Waals surface area contributed by atoms with E-state index in [0.717, 1.165) is 17.2 Å². The number of rotatable bonds is 2. The zero-order valence-corrected chi connectivity index (χ0v) is 9.02. The molecule has 0 spiro atoms. The normalized spacial score (nSPS) is 16.0. The second-order valence-corrected chi connectivity index (χ2v) is 4.36. The monoisotopic (exact) mass is 214 g/mol. The standard InChI is InChI=1S/C13H14N2O/c14-13-8-12(15-16-13)11-6-4-10(5-7-11)9-2-1-3-9/h4-9H,1-3,14H2. The van der Waals surface area contributed by atoms with Crippen LogP contribution >= 0.6 is 0 Å². The van der Waals surface area contributed by atoms with Crippen molar-refractivity contribution in [2.45, 2.75) is 25.2 Å². The van der Waals surface area contributed by atoms with Crippen molar-refractivity contribution in [2.75, 3.05) is 5.73 Å². The van der Waals surface area contributed by atoms with E-state index in [1.807, 2.05) is 0 Å². The van der Waals surface area contributed by atoms with Crippen LogP contribution in [0.2, 0.25) is 0 Å². The van der Waals surface area contributed by atoms with Crippen LogP contribution in [0.3, 0.4) is 0 Å². The Morgan fingerprint density at radius 2 is 1.94 bits per heavy atom. The number of aromatic nitrogens is 1. The number of nitrogens with two attached hydrogens (primary N) is 1. The molecule has 0 bridgehead atoms. The zero-order valence-electron chi connectivity index (χ0n) is 9.02. The molecule has 0 aliphatic heterocycles. The van der Waals surface area contributed by atoms with Crippen LogP contribution in [0, 0.1) is 0 Å². The molecular weight excluding hydrogens is 200 g/mol. The molecule has 1 aliphatic rings. The first-order valence-corrected chi connectivity index (χ1v) is 5.65. The predicted octanol–water partition coefficient (Wildman–Crippen LogP) is 3.19. The molecule has 0 atom stereocenters. The van der Waals surface area contributed by atoms with Crippen LogP contribution < -0.4 is 5.73 Å².